The van der Waals surface area contributed by atoms with Crippen LogP contribution in [0.15, 0.2) is 10.6 Å². The minimum atomic E-state index is -0.0622. The van der Waals surface area contributed by atoms with Gasteiger partial charge in [0.05, 0.1) is 0 Å². The quantitative estimate of drug-likeness (QED) is 0.783. The van der Waals surface area contributed by atoms with Gasteiger partial charge in [-0.2, -0.15) is 0 Å². The summed E-state index contributed by atoms with van der Waals surface area (Å²) in [5.41, 5.74) is 0.390. The summed E-state index contributed by atoms with van der Waals surface area (Å²) in [5.74, 6) is 0.598. The Morgan fingerprint density at radius 2 is 2.31 bits per heavy atom. The SMILES string of the molecule is Cc1cc(C(=O)N(CCCBr)C(C)C)no1. The predicted molar refractivity (Wildman–Crippen MR) is 65.8 cm³/mol. The molecule has 0 bridgehead atoms. The molecule has 0 saturated heterocycles. The van der Waals surface area contributed by atoms with E-state index in [0.29, 0.717) is 11.5 Å². The third-order valence-corrected chi connectivity index (χ3v) is 2.82. The van der Waals surface area contributed by atoms with Crippen LogP contribution in [0.25, 0.3) is 0 Å². The molecule has 0 saturated carbocycles. The van der Waals surface area contributed by atoms with Crippen molar-refractivity contribution in [2.24, 2.45) is 0 Å². The monoisotopic (exact) mass is 288 g/mol. The Labute approximate surface area is 104 Å². The van der Waals surface area contributed by atoms with Crippen LogP contribution in [-0.4, -0.2) is 33.9 Å². The average molecular weight is 289 g/mol. The summed E-state index contributed by atoms with van der Waals surface area (Å²) in [7, 11) is 0. The van der Waals surface area contributed by atoms with Crippen molar-refractivity contribution in [3.8, 4) is 0 Å². The fraction of sp³-hybridized carbons (Fsp3) is 0.636. The second kappa shape index (κ2) is 6.03. The Hall–Kier alpha value is -0.840. The van der Waals surface area contributed by atoms with Gasteiger partial charge in [-0.25, -0.2) is 0 Å². The lowest BCUT2D eigenvalue weighted by atomic mass is 10.2. The number of aromatic nitrogens is 1. The first-order valence-electron chi connectivity index (χ1n) is 5.36. The van der Waals surface area contributed by atoms with E-state index in [9.17, 15) is 4.79 Å². The zero-order chi connectivity index (χ0) is 12.1. The number of rotatable bonds is 5. The van der Waals surface area contributed by atoms with Crippen LogP contribution in [0.4, 0.5) is 0 Å². The zero-order valence-electron chi connectivity index (χ0n) is 9.86. The molecule has 4 nitrogen and oxygen atoms in total. The second-order valence-corrected chi connectivity index (χ2v) is 4.75. The summed E-state index contributed by atoms with van der Waals surface area (Å²) in [6.07, 6.45) is 0.931. The largest absolute Gasteiger partial charge is 0.361 e. The minimum absolute atomic E-state index is 0.0622. The van der Waals surface area contributed by atoms with Crippen molar-refractivity contribution in [3.05, 3.63) is 17.5 Å². The van der Waals surface area contributed by atoms with Crippen LogP contribution < -0.4 is 0 Å². The van der Waals surface area contributed by atoms with Gasteiger partial charge in [-0.1, -0.05) is 21.1 Å². The van der Waals surface area contributed by atoms with Crippen molar-refractivity contribution in [1.29, 1.82) is 0 Å². The molecule has 1 rings (SSSR count). The molecule has 0 aliphatic heterocycles. The molecule has 0 N–H and O–H groups in total. The Bertz CT molecular complexity index is 350. The molecule has 0 spiro atoms. The van der Waals surface area contributed by atoms with E-state index >= 15 is 0 Å². The van der Waals surface area contributed by atoms with Gasteiger partial charge in [0.2, 0.25) is 0 Å². The van der Waals surface area contributed by atoms with E-state index in [1.54, 1.807) is 17.9 Å². The van der Waals surface area contributed by atoms with E-state index in [2.05, 4.69) is 21.1 Å². The van der Waals surface area contributed by atoms with Crippen LogP contribution in [0.2, 0.25) is 0 Å². The molecule has 0 fully saturated rings. The third kappa shape index (κ3) is 3.33. The standard InChI is InChI=1S/C11H17BrN2O2/c1-8(2)14(6-4-5-12)11(15)10-7-9(3)16-13-10/h7-8H,4-6H2,1-3H3. The molecule has 0 atom stereocenters. The smallest absolute Gasteiger partial charge is 0.276 e. The molecule has 1 aromatic rings. The number of halogens is 1. The Morgan fingerprint density at radius 3 is 2.75 bits per heavy atom. The van der Waals surface area contributed by atoms with E-state index in [1.165, 1.54) is 0 Å². The van der Waals surface area contributed by atoms with Gasteiger partial charge >= 0.3 is 0 Å². The van der Waals surface area contributed by atoms with Crippen molar-refractivity contribution in [1.82, 2.24) is 10.1 Å². The van der Waals surface area contributed by atoms with E-state index in [0.717, 1.165) is 18.3 Å². The fourth-order valence-electron chi connectivity index (χ4n) is 1.44. The molecule has 1 amide bonds. The minimum Gasteiger partial charge on any atom is -0.361 e. The van der Waals surface area contributed by atoms with Crippen molar-refractivity contribution in [2.45, 2.75) is 33.2 Å². The second-order valence-electron chi connectivity index (χ2n) is 3.96. The molecule has 0 aliphatic carbocycles. The van der Waals surface area contributed by atoms with Crippen molar-refractivity contribution in [2.75, 3.05) is 11.9 Å². The highest BCUT2D eigenvalue weighted by Gasteiger charge is 2.21. The Morgan fingerprint density at radius 1 is 1.62 bits per heavy atom. The molecule has 16 heavy (non-hydrogen) atoms. The van der Waals surface area contributed by atoms with Crippen LogP contribution >= 0.6 is 15.9 Å². The number of nitrogens with zero attached hydrogens (tertiary/aromatic N) is 2. The summed E-state index contributed by atoms with van der Waals surface area (Å²) in [6, 6.07) is 1.84. The molecule has 1 heterocycles. The molecule has 0 radical (unpaired) electrons. The summed E-state index contributed by atoms with van der Waals surface area (Å²) in [4.78, 5) is 13.9. The lowest BCUT2D eigenvalue weighted by Gasteiger charge is -2.25. The van der Waals surface area contributed by atoms with Gasteiger partial charge in [0.15, 0.2) is 5.69 Å². The molecule has 0 unspecified atom stereocenters. The van der Waals surface area contributed by atoms with E-state index in [-0.39, 0.29) is 11.9 Å². The van der Waals surface area contributed by atoms with E-state index < -0.39 is 0 Å². The molecular formula is C11H17BrN2O2. The first-order chi connectivity index (χ1) is 7.56. The summed E-state index contributed by atoms with van der Waals surface area (Å²) in [6.45, 7) is 6.51. The normalized spacial score (nSPS) is 10.8. The number of aryl methyl sites for hydroxylation is 1. The Balaban J connectivity index is 2.74. The van der Waals surface area contributed by atoms with Crippen molar-refractivity contribution < 1.29 is 9.32 Å². The van der Waals surface area contributed by atoms with Crippen molar-refractivity contribution >= 4 is 21.8 Å². The summed E-state index contributed by atoms with van der Waals surface area (Å²) < 4.78 is 4.91. The van der Waals surface area contributed by atoms with E-state index in [4.69, 9.17) is 4.52 Å². The average Bonchev–Trinajstić information content (AvgIpc) is 2.64. The molecular weight excluding hydrogens is 272 g/mol. The summed E-state index contributed by atoms with van der Waals surface area (Å²) in [5, 5.41) is 4.64. The highest BCUT2D eigenvalue weighted by molar-refractivity contribution is 9.09. The fourth-order valence-corrected chi connectivity index (χ4v) is 1.69. The van der Waals surface area contributed by atoms with Crippen LogP contribution in [0.3, 0.4) is 0 Å². The summed E-state index contributed by atoms with van der Waals surface area (Å²) >= 11 is 3.36. The molecule has 90 valence electrons. The van der Waals surface area contributed by atoms with Gasteiger partial charge in [-0.3, -0.25) is 4.79 Å². The third-order valence-electron chi connectivity index (χ3n) is 2.26. The van der Waals surface area contributed by atoms with Gasteiger partial charge in [-0.05, 0) is 27.2 Å². The number of amides is 1. The Kier molecular flexibility index (Phi) is 4.99. The maximum Gasteiger partial charge on any atom is 0.276 e. The number of carbonyl (C=O) groups excluding carboxylic acids is 1. The number of carbonyl (C=O) groups is 1. The van der Waals surface area contributed by atoms with Gasteiger partial charge < -0.3 is 9.42 Å². The number of hydrogen-bond donors (Lipinski definition) is 0. The number of alkyl halides is 1. The predicted octanol–water partition coefficient (Wildman–Crippen LogP) is 2.62. The van der Waals surface area contributed by atoms with E-state index in [1.807, 2.05) is 13.8 Å². The van der Waals surface area contributed by atoms with Crippen LogP contribution in [0.5, 0.6) is 0 Å². The van der Waals surface area contributed by atoms with Gasteiger partial charge in [0.1, 0.15) is 5.76 Å². The highest BCUT2D eigenvalue weighted by atomic mass is 79.9. The van der Waals surface area contributed by atoms with Gasteiger partial charge in [0.25, 0.3) is 5.91 Å². The lowest BCUT2D eigenvalue weighted by molar-refractivity contribution is 0.0696. The van der Waals surface area contributed by atoms with Crippen LogP contribution in [-0.2, 0) is 0 Å². The maximum atomic E-state index is 12.1. The topological polar surface area (TPSA) is 46.3 Å². The van der Waals surface area contributed by atoms with Gasteiger partial charge in [0, 0.05) is 24.0 Å². The molecule has 0 aromatic carbocycles. The molecule has 1 aromatic heterocycles. The first-order valence-corrected chi connectivity index (χ1v) is 6.48. The van der Waals surface area contributed by atoms with Crippen molar-refractivity contribution in [3.63, 3.8) is 0 Å². The maximum absolute atomic E-state index is 12.1. The van der Waals surface area contributed by atoms with Gasteiger partial charge in [-0.15, -0.1) is 0 Å². The molecule has 0 aliphatic rings. The van der Waals surface area contributed by atoms with Crippen LogP contribution in [0, 0.1) is 6.92 Å². The first kappa shape index (κ1) is 13.2. The molecule has 5 heteroatoms. The highest BCUT2D eigenvalue weighted by Crippen LogP contribution is 2.10. The zero-order valence-corrected chi connectivity index (χ0v) is 11.5. The van der Waals surface area contributed by atoms with Crippen LogP contribution in [0.1, 0.15) is 36.5 Å². The number of hydrogen-bond acceptors (Lipinski definition) is 3. The lowest BCUT2D eigenvalue weighted by Crippen LogP contribution is -2.38.